The second kappa shape index (κ2) is 4.50. The molecule has 8 nitrogen and oxygen atoms in total. The van der Waals surface area contributed by atoms with Crippen LogP contribution in [0.25, 0.3) is 10.9 Å². The number of tetrazole rings is 1. The van der Waals surface area contributed by atoms with Gasteiger partial charge in [0.05, 0.1) is 11.1 Å². The number of carbonyl (C=O) groups excluding carboxylic acids is 2. The molecule has 20 heavy (non-hydrogen) atoms. The lowest BCUT2D eigenvalue weighted by Crippen LogP contribution is -2.30. The molecule has 0 radical (unpaired) electrons. The third kappa shape index (κ3) is 1.70. The van der Waals surface area contributed by atoms with Crippen LogP contribution < -0.4 is 5.56 Å². The van der Waals surface area contributed by atoms with E-state index in [1.54, 1.807) is 24.3 Å². The van der Waals surface area contributed by atoms with Crippen LogP contribution in [0.15, 0.2) is 35.1 Å². The molecule has 0 spiro atoms. The van der Waals surface area contributed by atoms with Crippen molar-refractivity contribution < 1.29 is 9.59 Å². The van der Waals surface area contributed by atoms with Crippen molar-refractivity contribution in [2.45, 2.75) is 0 Å². The second-order valence-corrected chi connectivity index (χ2v) is 3.96. The van der Waals surface area contributed by atoms with E-state index in [9.17, 15) is 14.4 Å². The molecule has 2 heterocycles. The van der Waals surface area contributed by atoms with Gasteiger partial charge in [-0.1, -0.05) is 18.2 Å². The molecule has 0 amide bonds. The third-order valence-corrected chi connectivity index (χ3v) is 2.81. The minimum atomic E-state index is -0.747. The first-order valence-electron chi connectivity index (χ1n) is 5.60. The maximum absolute atomic E-state index is 12.3. The van der Waals surface area contributed by atoms with Crippen LogP contribution in [-0.4, -0.2) is 37.4 Å². The standard InChI is InChI=1S/C12H7N5O3/c18-6-8-5-7-3-1-2-4-9(7)17(11(8)19)12(20)10-13-15-16-14-10/h1-6H,(H,13,14,15,16). The molecule has 1 aromatic carbocycles. The molecule has 0 aliphatic rings. The SMILES string of the molecule is O=Cc1cc2ccccc2n(C(=O)c2nn[nH]n2)c1=O. The van der Waals surface area contributed by atoms with E-state index in [0.717, 1.165) is 4.57 Å². The molecule has 2 aromatic heterocycles. The highest BCUT2D eigenvalue weighted by molar-refractivity contribution is 6.00. The van der Waals surface area contributed by atoms with Gasteiger partial charge < -0.3 is 0 Å². The van der Waals surface area contributed by atoms with Gasteiger partial charge in [0.15, 0.2) is 6.29 Å². The average Bonchev–Trinajstić information content (AvgIpc) is 3.00. The zero-order valence-corrected chi connectivity index (χ0v) is 9.98. The molecule has 0 saturated heterocycles. The molecule has 0 fully saturated rings. The normalized spacial score (nSPS) is 10.6. The van der Waals surface area contributed by atoms with Crippen molar-refractivity contribution in [1.29, 1.82) is 0 Å². The fraction of sp³-hybridized carbons (Fsp3) is 0. The zero-order chi connectivity index (χ0) is 14.1. The van der Waals surface area contributed by atoms with E-state index in [2.05, 4.69) is 20.6 Å². The lowest BCUT2D eigenvalue weighted by atomic mass is 10.1. The number of aromatic amines is 1. The highest BCUT2D eigenvalue weighted by Gasteiger charge is 2.19. The molecule has 0 bridgehead atoms. The van der Waals surface area contributed by atoms with Gasteiger partial charge in [-0.25, -0.2) is 4.57 Å². The Labute approximate surface area is 111 Å². The Kier molecular flexibility index (Phi) is 2.68. The van der Waals surface area contributed by atoms with Crippen molar-refractivity contribution in [3.63, 3.8) is 0 Å². The van der Waals surface area contributed by atoms with E-state index in [1.165, 1.54) is 6.07 Å². The van der Waals surface area contributed by atoms with Crippen LogP contribution >= 0.6 is 0 Å². The quantitative estimate of drug-likeness (QED) is 0.656. The summed E-state index contributed by atoms with van der Waals surface area (Å²) < 4.78 is 0.865. The van der Waals surface area contributed by atoms with Crippen LogP contribution in [0.2, 0.25) is 0 Å². The summed E-state index contributed by atoms with van der Waals surface area (Å²) in [7, 11) is 0. The summed E-state index contributed by atoms with van der Waals surface area (Å²) in [5, 5.41) is 13.1. The van der Waals surface area contributed by atoms with Crippen molar-refractivity contribution in [1.82, 2.24) is 25.2 Å². The maximum Gasteiger partial charge on any atom is 0.306 e. The Morgan fingerprint density at radius 2 is 2.10 bits per heavy atom. The summed E-state index contributed by atoms with van der Waals surface area (Å²) in [6.07, 6.45) is 0.411. The number of H-pyrrole nitrogens is 1. The fourth-order valence-electron chi connectivity index (χ4n) is 1.92. The highest BCUT2D eigenvalue weighted by Crippen LogP contribution is 2.13. The van der Waals surface area contributed by atoms with Gasteiger partial charge in [0.2, 0.25) is 0 Å². The molecular formula is C12H7N5O3. The number of rotatable bonds is 2. The van der Waals surface area contributed by atoms with E-state index in [-0.39, 0.29) is 11.4 Å². The number of aldehydes is 1. The number of benzene rings is 1. The molecule has 0 unspecified atom stereocenters. The van der Waals surface area contributed by atoms with Crippen molar-refractivity contribution >= 4 is 23.1 Å². The maximum atomic E-state index is 12.3. The van der Waals surface area contributed by atoms with Crippen molar-refractivity contribution in [2.24, 2.45) is 0 Å². The first-order chi connectivity index (χ1) is 9.72. The molecule has 0 saturated carbocycles. The molecule has 0 aliphatic heterocycles. The van der Waals surface area contributed by atoms with Gasteiger partial charge in [-0.3, -0.25) is 14.4 Å². The predicted molar refractivity (Wildman–Crippen MR) is 67.5 cm³/mol. The molecule has 3 rings (SSSR count). The predicted octanol–water partition coefficient (Wildman–Crippen LogP) is 0.0156. The van der Waals surface area contributed by atoms with Crippen LogP contribution in [-0.2, 0) is 0 Å². The Morgan fingerprint density at radius 3 is 2.80 bits per heavy atom. The number of nitrogens with zero attached hydrogens (tertiary/aromatic N) is 4. The molecule has 0 atom stereocenters. The number of hydrogen-bond acceptors (Lipinski definition) is 6. The van der Waals surface area contributed by atoms with E-state index in [1.807, 2.05) is 0 Å². The van der Waals surface area contributed by atoms with E-state index in [4.69, 9.17) is 0 Å². The molecule has 1 N–H and O–H groups in total. The van der Waals surface area contributed by atoms with E-state index in [0.29, 0.717) is 17.2 Å². The largest absolute Gasteiger partial charge is 0.306 e. The molecule has 8 heteroatoms. The summed E-state index contributed by atoms with van der Waals surface area (Å²) in [6, 6.07) is 8.16. The number of pyridine rings is 1. The number of aromatic nitrogens is 5. The first kappa shape index (κ1) is 11.9. The van der Waals surface area contributed by atoms with Crippen molar-refractivity contribution in [3.05, 3.63) is 52.1 Å². The van der Waals surface area contributed by atoms with Gasteiger partial charge >= 0.3 is 5.91 Å². The van der Waals surface area contributed by atoms with Crippen LogP contribution in [0.1, 0.15) is 21.0 Å². The first-order valence-corrected chi connectivity index (χ1v) is 5.60. The van der Waals surface area contributed by atoms with Crippen LogP contribution in [0, 0.1) is 0 Å². The summed E-state index contributed by atoms with van der Waals surface area (Å²) in [6.45, 7) is 0. The monoisotopic (exact) mass is 269 g/mol. The highest BCUT2D eigenvalue weighted by atomic mass is 16.2. The van der Waals surface area contributed by atoms with Gasteiger partial charge in [-0.05, 0) is 22.7 Å². The summed E-state index contributed by atoms with van der Waals surface area (Å²) >= 11 is 0. The number of para-hydroxylation sites is 1. The molecular weight excluding hydrogens is 262 g/mol. The number of hydrogen-bond donors (Lipinski definition) is 1. The summed E-state index contributed by atoms with van der Waals surface area (Å²) in [5.74, 6) is -0.996. The number of carbonyl (C=O) groups is 2. The molecule has 3 aromatic rings. The van der Waals surface area contributed by atoms with E-state index >= 15 is 0 Å². The van der Waals surface area contributed by atoms with Crippen LogP contribution in [0.3, 0.4) is 0 Å². The fourth-order valence-corrected chi connectivity index (χ4v) is 1.92. The zero-order valence-electron chi connectivity index (χ0n) is 9.98. The van der Waals surface area contributed by atoms with Crippen LogP contribution in [0.4, 0.5) is 0 Å². The molecule has 98 valence electrons. The van der Waals surface area contributed by atoms with Gasteiger partial charge in [-0.15, -0.1) is 10.2 Å². The van der Waals surface area contributed by atoms with Crippen molar-refractivity contribution in [3.8, 4) is 0 Å². The minimum absolute atomic E-state index is 0.111. The van der Waals surface area contributed by atoms with Gasteiger partial charge in [0.25, 0.3) is 11.4 Å². The Balaban J connectivity index is 2.39. The summed E-state index contributed by atoms with van der Waals surface area (Å²) in [5.41, 5.74) is -0.452. The van der Waals surface area contributed by atoms with Gasteiger partial charge in [-0.2, -0.15) is 5.21 Å². The molecule has 0 aliphatic carbocycles. The van der Waals surface area contributed by atoms with Gasteiger partial charge in [0.1, 0.15) is 0 Å². The third-order valence-electron chi connectivity index (χ3n) is 2.81. The average molecular weight is 269 g/mol. The topological polar surface area (TPSA) is 111 Å². The van der Waals surface area contributed by atoms with E-state index < -0.39 is 11.5 Å². The Hall–Kier alpha value is -3.16. The lowest BCUT2D eigenvalue weighted by Gasteiger charge is -2.07. The number of nitrogens with one attached hydrogen (secondary N) is 1. The van der Waals surface area contributed by atoms with Gasteiger partial charge in [0, 0.05) is 0 Å². The summed E-state index contributed by atoms with van der Waals surface area (Å²) in [4.78, 5) is 35.4. The minimum Gasteiger partial charge on any atom is -0.298 e. The Bertz CT molecular complexity index is 866. The van der Waals surface area contributed by atoms with Crippen molar-refractivity contribution in [2.75, 3.05) is 0 Å². The lowest BCUT2D eigenvalue weighted by molar-refractivity contribution is 0.0950. The smallest absolute Gasteiger partial charge is 0.298 e. The van der Waals surface area contributed by atoms with Crippen LogP contribution in [0.5, 0.6) is 0 Å². The second-order valence-electron chi connectivity index (χ2n) is 3.96. The Morgan fingerprint density at radius 1 is 1.30 bits per heavy atom. The number of fused-ring (bicyclic) bond motifs is 1.